The van der Waals surface area contributed by atoms with Crippen molar-refractivity contribution < 1.29 is 9.53 Å². The van der Waals surface area contributed by atoms with E-state index in [2.05, 4.69) is 29.6 Å². The van der Waals surface area contributed by atoms with E-state index in [9.17, 15) is 4.79 Å². The molecule has 0 bridgehead atoms. The van der Waals surface area contributed by atoms with Crippen molar-refractivity contribution in [3.05, 3.63) is 29.8 Å². The Balaban J connectivity index is 1.52. The number of thioether (sulfide) groups is 1. The van der Waals surface area contributed by atoms with Crippen LogP contribution < -0.4 is 5.32 Å². The molecule has 0 saturated carbocycles. The smallest absolute Gasteiger partial charge is 0.239 e. The van der Waals surface area contributed by atoms with Crippen molar-refractivity contribution in [1.29, 1.82) is 0 Å². The SMILES string of the molecule is CC(NCC1CSc2ccccc21)C(=O)N1CCOCC1. The third-order valence-electron chi connectivity index (χ3n) is 4.16. The zero-order valence-electron chi connectivity index (χ0n) is 12.4. The molecule has 1 N–H and O–H groups in total. The van der Waals surface area contributed by atoms with Gasteiger partial charge in [0, 0.05) is 36.2 Å². The van der Waals surface area contributed by atoms with Crippen LogP contribution >= 0.6 is 11.8 Å². The molecule has 4 nitrogen and oxygen atoms in total. The molecule has 5 heteroatoms. The van der Waals surface area contributed by atoms with Crippen molar-refractivity contribution in [3.8, 4) is 0 Å². The van der Waals surface area contributed by atoms with E-state index in [0.29, 0.717) is 32.2 Å². The summed E-state index contributed by atoms with van der Waals surface area (Å²) in [6, 6.07) is 8.45. The highest BCUT2D eigenvalue weighted by Crippen LogP contribution is 2.38. The van der Waals surface area contributed by atoms with E-state index in [1.807, 2.05) is 23.6 Å². The standard InChI is InChI=1S/C16H22N2O2S/c1-12(16(19)18-6-8-20-9-7-18)17-10-13-11-21-15-5-3-2-4-14(13)15/h2-5,12-13,17H,6-11H2,1H3. The molecule has 3 rings (SSSR count). The van der Waals surface area contributed by atoms with Crippen molar-refractivity contribution in [2.45, 2.75) is 23.8 Å². The van der Waals surface area contributed by atoms with Crippen LogP contribution in [0.5, 0.6) is 0 Å². The first kappa shape index (κ1) is 14.9. The highest BCUT2D eigenvalue weighted by atomic mass is 32.2. The Morgan fingerprint density at radius 2 is 2.19 bits per heavy atom. The van der Waals surface area contributed by atoms with Gasteiger partial charge in [0.15, 0.2) is 0 Å². The number of nitrogens with one attached hydrogen (secondary N) is 1. The summed E-state index contributed by atoms with van der Waals surface area (Å²) >= 11 is 1.91. The largest absolute Gasteiger partial charge is 0.378 e. The summed E-state index contributed by atoms with van der Waals surface area (Å²) in [7, 11) is 0. The summed E-state index contributed by atoms with van der Waals surface area (Å²) in [5, 5.41) is 3.42. The number of amides is 1. The van der Waals surface area contributed by atoms with Crippen LogP contribution in [0, 0.1) is 0 Å². The summed E-state index contributed by atoms with van der Waals surface area (Å²) in [5.74, 6) is 1.80. The molecule has 1 amide bonds. The molecule has 114 valence electrons. The number of carbonyl (C=O) groups is 1. The fourth-order valence-corrected chi connectivity index (χ4v) is 4.12. The summed E-state index contributed by atoms with van der Waals surface area (Å²) in [4.78, 5) is 15.6. The predicted molar refractivity (Wildman–Crippen MR) is 84.8 cm³/mol. The third kappa shape index (κ3) is 3.42. The lowest BCUT2D eigenvalue weighted by molar-refractivity contribution is -0.137. The van der Waals surface area contributed by atoms with Gasteiger partial charge in [0.25, 0.3) is 0 Å². The van der Waals surface area contributed by atoms with Crippen LogP contribution in [0.2, 0.25) is 0 Å². The monoisotopic (exact) mass is 306 g/mol. The first-order valence-electron chi connectivity index (χ1n) is 7.57. The molecular formula is C16H22N2O2S. The van der Waals surface area contributed by atoms with E-state index in [1.165, 1.54) is 10.5 Å². The van der Waals surface area contributed by atoms with Crippen LogP contribution in [0.1, 0.15) is 18.4 Å². The maximum absolute atomic E-state index is 12.4. The van der Waals surface area contributed by atoms with Crippen LogP contribution in [0.25, 0.3) is 0 Å². The molecular weight excluding hydrogens is 284 g/mol. The molecule has 0 aromatic heterocycles. The van der Waals surface area contributed by atoms with Crippen LogP contribution in [-0.2, 0) is 9.53 Å². The molecule has 1 saturated heterocycles. The molecule has 2 aliphatic rings. The number of benzene rings is 1. The van der Waals surface area contributed by atoms with Crippen LogP contribution in [0.3, 0.4) is 0 Å². The summed E-state index contributed by atoms with van der Waals surface area (Å²) in [6.45, 7) is 5.57. The average Bonchev–Trinajstić information content (AvgIpc) is 2.96. The van der Waals surface area contributed by atoms with Crippen molar-refractivity contribution in [2.75, 3.05) is 38.6 Å². The first-order chi connectivity index (χ1) is 10.3. The number of carbonyl (C=O) groups excluding carboxylic acids is 1. The Labute approximate surface area is 130 Å². The number of nitrogens with zero attached hydrogens (tertiary/aromatic N) is 1. The number of fused-ring (bicyclic) bond motifs is 1. The Morgan fingerprint density at radius 1 is 1.43 bits per heavy atom. The zero-order chi connectivity index (χ0) is 14.7. The van der Waals surface area contributed by atoms with Gasteiger partial charge < -0.3 is 15.0 Å². The second-order valence-electron chi connectivity index (χ2n) is 5.61. The Bertz CT molecular complexity index is 503. The Morgan fingerprint density at radius 3 is 3.00 bits per heavy atom. The van der Waals surface area contributed by atoms with Crippen LogP contribution in [0.4, 0.5) is 0 Å². The normalized spacial score (nSPS) is 22.9. The van der Waals surface area contributed by atoms with Gasteiger partial charge in [-0.1, -0.05) is 18.2 Å². The molecule has 1 aromatic carbocycles. The average molecular weight is 306 g/mol. The first-order valence-corrected chi connectivity index (χ1v) is 8.56. The van der Waals surface area contributed by atoms with E-state index in [-0.39, 0.29) is 11.9 Å². The van der Waals surface area contributed by atoms with Gasteiger partial charge >= 0.3 is 0 Å². The van der Waals surface area contributed by atoms with Crippen molar-refractivity contribution in [1.82, 2.24) is 10.2 Å². The summed E-state index contributed by atoms with van der Waals surface area (Å²) < 4.78 is 5.29. The van der Waals surface area contributed by atoms with Crippen LogP contribution in [0.15, 0.2) is 29.2 Å². The van der Waals surface area contributed by atoms with Gasteiger partial charge in [0.05, 0.1) is 19.3 Å². The second kappa shape index (κ2) is 6.81. The molecule has 2 heterocycles. The molecule has 21 heavy (non-hydrogen) atoms. The van der Waals surface area contributed by atoms with Crippen molar-refractivity contribution in [3.63, 3.8) is 0 Å². The number of ether oxygens (including phenoxy) is 1. The fraction of sp³-hybridized carbons (Fsp3) is 0.562. The quantitative estimate of drug-likeness (QED) is 0.919. The molecule has 2 unspecified atom stereocenters. The van der Waals surface area contributed by atoms with Gasteiger partial charge in [0.2, 0.25) is 5.91 Å². The van der Waals surface area contributed by atoms with Gasteiger partial charge in [-0.05, 0) is 18.6 Å². The minimum Gasteiger partial charge on any atom is -0.378 e. The van der Waals surface area contributed by atoms with Gasteiger partial charge in [-0.3, -0.25) is 4.79 Å². The van der Waals surface area contributed by atoms with Gasteiger partial charge in [0.1, 0.15) is 0 Å². The molecule has 0 aliphatic carbocycles. The second-order valence-corrected chi connectivity index (χ2v) is 6.68. The number of morpholine rings is 1. The minimum atomic E-state index is -0.124. The molecule has 2 aliphatic heterocycles. The maximum Gasteiger partial charge on any atom is 0.239 e. The molecule has 2 atom stereocenters. The third-order valence-corrected chi connectivity index (χ3v) is 5.41. The van der Waals surface area contributed by atoms with Gasteiger partial charge in [-0.15, -0.1) is 11.8 Å². The predicted octanol–water partition coefficient (Wildman–Crippen LogP) is 1.71. The topological polar surface area (TPSA) is 41.6 Å². The number of hydrogen-bond acceptors (Lipinski definition) is 4. The molecule has 0 spiro atoms. The molecule has 1 fully saturated rings. The van der Waals surface area contributed by atoms with Gasteiger partial charge in [-0.2, -0.15) is 0 Å². The van der Waals surface area contributed by atoms with E-state index < -0.39 is 0 Å². The minimum absolute atomic E-state index is 0.124. The Kier molecular flexibility index (Phi) is 4.83. The Hall–Kier alpha value is -1.04. The fourth-order valence-electron chi connectivity index (χ4n) is 2.86. The lowest BCUT2D eigenvalue weighted by Gasteiger charge is -2.30. The number of hydrogen-bond donors (Lipinski definition) is 1. The van der Waals surface area contributed by atoms with Crippen molar-refractivity contribution in [2.24, 2.45) is 0 Å². The van der Waals surface area contributed by atoms with E-state index in [0.717, 1.165) is 12.3 Å². The highest BCUT2D eigenvalue weighted by Gasteiger charge is 2.26. The van der Waals surface area contributed by atoms with Gasteiger partial charge in [-0.25, -0.2) is 0 Å². The van der Waals surface area contributed by atoms with Crippen molar-refractivity contribution >= 4 is 17.7 Å². The molecule has 1 aromatic rings. The number of rotatable bonds is 4. The lowest BCUT2D eigenvalue weighted by atomic mass is 10.0. The van der Waals surface area contributed by atoms with Crippen LogP contribution in [-0.4, -0.2) is 55.4 Å². The summed E-state index contributed by atoms with van der Waals surface area (Å²) in [6.07, 6.45) is 0. The maximum atomic E-state index is 12.4. The zero-order valence-corrected chi connectivity index (χ0v) is 13.2. The van der Waals surface area contributed by atoms with E-state index in [1.54, 1.807) is 0 Å². The molecule has 0 radical (unpaired) electrons. The lowest BCUT2D eigenvalue weighted by Crippen LogP contribution is -2.49. The van der Waals surface area contributed by atoms with E-state index in [4.69, 9.17) is 4.74 Å². The summed E-state index contributed by atoms with van der Waals surface area (Å²) in [5.41, 5.74) is 1.42. The highest BCUT2D eigenvalue weighted by molar-refractivity contribution is 7.99. The van der Waals surface area contributed by atoms with E-state index >= 15 is 0 Å².